The SMILES string of the molecule is COc1cccc(CC(=O)NN=Cc2ccccc2)c1. The van der Waals surface area contributed by atoms with Crippen LogP contribution in [-0.4, -0.2) is 19.2 Å². The maximum Gasteiger partial charge on any atom is 0.244 e. The standard InChI is InChI=1S/C16H16N2O2/c1-20-15-9-5-8-14(10-15)11-16(19)18-17-12-13-6-3-2-4-7-13/h2-10,12H,11H2,1H3,(H,18,19). The van der Waals surface area contributed by atoms with Crippen LogP contribution in [0.4, 0.5) is 0 Å². The molecule has 2 rings (SSSR count). The summed E-state index contributed by atoms with van der Waals surface area (Å²) in [5, 5.41) is 3.92. The van der Waals surface area contributed by atoms with Crippen LogP contribution in [0.15, 0.2) is 59.7 Å². The molecule has 0 saturated heterocycles. The molecule has 0 saturated carbocycles. The summed E-state index contributed by atoms with van der Waals surface area (Å²) < 4.78 is 5.11. The van der Waals surface area contributed by atoms with E-state index >= 15 is 0 Å². The number of hydrazone groups is 1. The summed E-state index contributed by atoms with van der Waals surface area (Å²) in [5.74, 6) is 0.577. The first kappa shape index (κ1) is 13.8. The maximum atomic E-state index is 11.7. The third-order valence-corrected chi connectivity index (χ3v) is 2.70. The average Bonchev–Trinajstić information content (AvgIpc) is 2.48. The average molecular weight is 268 g/mol. The lowest BCUT2D eigenvalue weighted by molar-refractivity contribution is -0.120. The smallest absolute Gasteiger partial charge is 0.244 e. The van der Waals surface area contributed by atoms with Gasteiger partial charge in [0.2, 0.25) is 5.91 Å². The van der Waals surface area contributed by atoms with Crippen LogP contribution in [0.1, 0.15) is 11.1 Å². The van der Waals surface area contributed by atoms with Crippen molar-refractivity contribution in [1.29, 1.82) is 0 Å². The fourth-order valence-corrected chi connectivity index (χ4v) is 1.73. The van der Waals surface area contributed by atoms with Crippen LogP contribution in [0.25, 0.3) is 0 Å². The Morgan fingerprint density at radius 3 is 2.75 bits per heavy atom. The molecule has 0 unspecified atom stereocenters. The van der Waals surface area contributed by atoms with Crippen molar-refractivity contribution in [3.63, 3.8) is 0 Å². The molecule has 102 valence electrons. The Morgan fingerprint density at radius 1 is 1.20 bits per heavy atom. The summed E-state index contributed by atoms with van der Waals surface area (Å²) in [7, 11) is 1.60. The molecule has 2 aromatic rings. The number of hydrogen-bond donors (Lipinski definition) is 1. The highest BCUT2D eigenvalue weighted by Crippen LogP contribution is 2.12. The summed E-state index contributed by atoms with van der Waals surface area (Å²) in [4.78, 5) is 11.7. The van der Waals surface area contributed by atoms with Gasteiger partial charge in [0.1, 0.15) is 5.75 Å². The van der Waals surface area contributed by atoms with E-state index in [4.69, 9.17) is 4.74 Å². The molecule has 1 amide bonds. The van der Waals surface area contributed by atoms with Gasteiger partial charge < -0.3 is 4.74 Å². The summed E-state index contributed by atoms with van der Waals surface area (Å²) in [6.07, 6.45) is 1.88. The third-order valence-electron chi connectivity index (χ3n) is 2.70. The van der Waals surface area contributed by atoms with E-state index in [1.165, 1.54) is 0 Å². The number of carbonyl (C=O) groups excluding carboxylic acids is 1. The van der Waals surface area contributed by atoms with E-state index < -0.39 is 0 Å². The zero-order valence-corrected chi connectivity index (χ0v) is 11.2. The Labute approximate surface area is 118 Å². The maximum absolute atomic E-state index is 11.7. The lowest BCUT2D eigenvalue weighted by atomic mass is 10.1. The van der Waals surface area contributed by atoms with Gasteiger partial charge in [-0.25, -0.2) is 5.43 Å². The molecule has 0 aliphatic rings. The molecule has 1 N–H and O–H groups in total. The third kappa shape index (κ3) is 4.24. The van der Waals surface area contributed by atoms with Crippen LogP contribution < -0.4 is 10.2 Å². The van der Waals surface area contributed by atoms with Crippen LogP contribution in [0.5, 0.6) is 5.75 Å². The molecule has 0 aliphatic heterocycles. The highest BCUT2D eigenvalue weighted by Gasteiger charge is 2.02. The van der Waals surface area contributed by atoms with E-state index in [9.17, 15) is 4.79 Å². The molecule has 0 heterocycles. The highest BCUT2D eigenvalue weighted by molar-refractivity contribution is 5.83. The van der Waals surface area contributed by atoms with Crippen molar-refractivity contribution in [1.82, 2.24) is 5.43 Å². The first-order chi connectivity index (χ1) is 9.78. The van der Waals surface area contributed by atoms with Gasteiger partial charge in [0.25, 0.3) is 0 Å². The van der Waals surface area contributed by atoms with Gasteiger partial charge in [0.15, 0.2) is 0 Å². The first-order valence-electron chi connectivity index (χ1n) is 6.28. The van der Waals surface area contributed by atoms with Gasteiger partial charge in [-0.3, -0.25) is 4.79 Å². The molecule has 20 heavy (non-hydrogen) atoms. The molecule has 0 spiro atoms. The second kappa shape index (κ2) is 7.09. The largest absolute Gasteiger partial charge is 0.497 e. The summed E-state index contributed by atoms with van der Waals surface area (Å²) >= 11 is 0. The van der Waals surface area contributed by atoms with Gasteiger partial charge in [-0.05, 0) is 23.3 Å². The van der Waals surface area contributed by atoms with E-state index in [1.54, 1.807) is 13.3 Å². The molecule has 0 atom stereocenters. The van der Waals surface area contributed by atoms with Gasteiger partial charge in [-0.15, -0.1) is 0 Å². The quantitative estimate of drug-likeness (QED) is 0.668. The van der Waals surface area contributed by atoms with E-state index in [1.807, 2.05) is 54.6 Å². The van der Waals surface area contributed by atoms with Crippen molar-refractivity contribution in [2.24, 2.45) is 5.10 Å². The van der Waals surface area contributed by atoms with E-state index in [0.717, 1.165) is 16.9 Å². The van der Waals surface area contributed by atoms with Crippen molar-refractivity contribution in [2.75, 3.05) is 7.11 Å². The van der Waals surface area contributed by atoms with E-state index in [0.29, 0.717) is 0 Å². The number of carbonyl (C=O) groups is 1. The van der Waals surface area contributed by atoms with E-state index in [-0.39, 0.29) is 12.3 Å². The molecule has 0 fully saturated rings. The van der Waals surface area contributed by atoms with Gasteiger partial charge in [0, 0.05) is 0 Å². The minimum atomic E-state index is -0.162. The van der Waals surface area contributed by atoms with Crippen molar-refractivity contribution >= 4 is 12.1 Å². The van der Waals surface area contributed by atoms with E-state index in [2.05, 4.69) is 10.5 Å². The molecule has 4 heteroatoms. The van der Waals surface area contributed by atoms with Crippen LogP contribution in [0.3, 0.4) is 0 Å². The number of ether oxygens (including phenoxy) is 1. The van der Waals surface area contributed by atoms with Crippen molar-refractivity contribution in [3.8, 4) is 5.75 Å². The van der Waals surface area contributed by atoms with Crippen molar-refractivity contribution in [3.05, 3.63) is 65.7 Å². The monoisotopic (exact) mass is 268 g/mol. The molecule has 2 aromatic carbocycles. The Balaban J connectivity index is 1.88. The number of methoxy groups -OCH3 is 1. The minimum absolute atomic E-state index is 0.162. The zero-order valence-electron chi connectivity index (χ0n) is 11.2. The molecule has 4 nitrogen and oxygen atoms in total. The Morgan fingerprint density at radius 2 is 2.00 bits per heavy atom. The highest BCUT2D eigenvalue weighted by atomic mass is 16.5. The first-order valence-corrected chi connectivity index (χ1v) is 6.28. The second-order valence-electron chi connectivity index (χ2n) is 4.23. The summed E-state index contributed by atoms with van der Waals surface area (Å²) in [6.45, 7) is 0. The molecule has 0 aliphatic carbocycles. The number of benzene rings is 2. The molecule has 0 bridgehead atoms. The lowest BCUT2D eigenvalue weighted by Gasteiger charge is -2.03. The van der Waals surface area contributed by atoms with Crippen LogP contribution in [0.2, 0.25) is 0 Å². The number of hydrogen-bond acceptors (Lipinski definition) is 3. The van der Waals surface area contributed by atoms with Gasteiger partial charge in [0.05, 0.1) is 19.7 Å². The minimum Gasteiger partial charge on any atom is -0.497 e. The van der Waals surface area contributed by atoms with Gasteiger partial charge >= 0.3 is 0 Å². The summed E-state index contributed by atoms with van der Waals surface area (Å²) in [5.41, 5.74) is 4.33. The topological polar surface area (TPSA) is 50.7 Å². The van der Waals surface area contributed by atoms with Crippen LogP contribution >= 0.6 is 0 Å². The van der Waals surface area contributed by atoms with Crippen LogP contribution in [0, 0.1) is 0 Å². The normalized spacial score (nSPS) is 10.4. The Bertz CT molecular complexity index is 594. The van der Waals surface area contributed by atoms with Gasteiger partial charge in [-0.1, -0.05) is 42.5 Å². The predicted molar refractivity (Wildman–Crippen MR) is 78.9 cm³/mol. The zero-order chi connectivity index (χ0) is 14.2. The molecule has 0 aromatic heterocycles. The lowest BCUT2D eigenvalue weighted by Crippen LogP contribution is -2.19. The van der Waals surface area contributed by atoms with Crippen LogP contribution in [-0.2, 0) is 11.2 Å². The number of nitrogens with one attached hydrogen (secondary N) is 1. The predicted octanol–water partition coefficient (Wildman–Crippen LogP) is 2.39. The fraction of sp³-hybridized carbons (Fsp3) is 0.125. The van der Waals surface area contributed by atoms with Gasteiger partial charge in [-0.2, -0.15) is 5.10 Å². The number of amides is 1. The van der Waals surface area contributed by atoms with Crippen molar-refractivity contribution < 1.29 is 9.53 Å². The Kier molecular flexibility index (Phi) is 4.89. The number of rotatable bonds is 5. The summed E-state index contributed by atoms with van der Waals surface area (Å²) in [6, 6.07) is 17.0. The second-order valence-corrected chi connectivity index (χ2v) is 4.23. The van der Waals surface area contributed by atoms with Crippen molar-refractivity contribution in [2.45, 2.75) is 6.42 Å². The molecule has 0 radical (unpaired) electrons. The fourth-order valence-electron chi connectivity index (χ4n) is 1.73. The Hall–Kier alpha value is -2.62. The molecular formula is C16H16N2O2. The molecular weight excluding hydrogens is 252 g/mol. The number of nitrogens with zero attached hydrogens (tertiary/aromatic N) is 1.